The third kappa shape index (κ3) is 2.83. The van der Waals surface area contributed by atoms with Crippen LogP contribution in [-0.2, 0) is 19.1 Å². The van der Waals surface area contributed by atoms with Crippen molar-refractivity contribution in [2.24, 2.45) is 5.41 Å². The summed E-state index contributed by atoms with van der Waals surface area (Å²) in [5.74, 6) is -1.16. The molecule has 0 radical (unpaired) electrons. The molecule has 1 saturated carbocycles. The summed E-state index contributed by atoms with van der Waals surface area (Å²) in [5.41, 5.74) is -0.913. The van der Waals surface area contributed by atoms with E-state index in [1.165, 1.54) is 6.26 Å². The Balaban J connectivity index is 2.05. The van der Waals surface area contributed by atoms with Crippen molar-refractivity contribution in [2.45, 2.75) is 38.6 Å². The molecule has 6 heteroatoms. The third-order valence-corrected chi connectivity index (χ3v) is 3.87. The number of carbonyl (C=O) groups excluding carboxylic acids is 1. The second-order valence-electron chi connectivity index (χ2n) is 5.20. The molecular weight excluding hydrogens is 250 g/mol. The van der Waals surface area contributed by atoms with Gasteiger partial charge in [-0.25, -0.2) is 0 Å². The van der Waals surface area contributed by atoms with E-state index in [0.29, 0.717) is 26.1 Å². The van der Waals surface area contributed by atoms with Crippen LogP contribution in [0.2, 0.25) is 0 Å². The normalized spacial score (nSPS) is 30.6. The molecule has 0 aromatic rings. The summed E-state index contributed by atoms with van der Waals surface area (Å²) in [7, 11) is 0. The summed E-state index contributed by atoms with van der Waals surface area (Å²) >= 11 is 0. The van der Waals surface area contributed by atoms with Crippen LogP contribution < -0.4 is 5.32 Å². The van der Waals surface area contributed by atoms with Crippen LogP contribution in [0.4, 0.5) is 0 Å². The van der Waals surface area contributed by atoms with Crippen molar-refractivity contribution in [3.05, 3.63) is 12.0 Å². The largest absolute Gasteiger partial charge is 0.494 e. The monoisotopic (exact) mass is 269 g/mol. The van der Waals surface area contributed by atoms with Gasteiger partial charge in [0.25, 0.3) is 5.91 Å². The molecule has 2 unspecified atom stereocenters. The van der Waals surface area contributed by atoms with Crippen molar-refractivity contribution in [1.29, 1.82) is 0 Å². The van der Waals surface area contributed by atoms with Crippen molar-refractivity contribution in [3.63, 3.8) is 0 Å². The Kier molecular flexibility index (Phi) is 3.97. The van der Waals surface area contributed by atoms with Gasteiger partial charge in [-0.05, 0) is 19.8 Å². The predicted molar refractivity (Wildman–Crippen MR) is 66.1 cm³/mol. The molecule has 0 spiro atoms. The first-order valence-corrected chi connectivity index (χ1v) is 6.53. The Hall–Kier alpha value is -1.72. The topological polar surface area (TPSA) is 84.9 Å². The molecule has 19 heavy (non-hydrogen) atoms. The van der Waals surface area contributed by atoms with Gasteiger partial charge in [0.1, 0.15) is 19.5 Å². The number of nitrogens with one attached hydrogen (secondary N) is 1. The van der Waals surface area contributed by atoms with Crippen LogP contribution in [0.1, 0.15) is 32.6 Å². The van der Waals surface area contributed by atoms with Crippen molar-refractivity contribution >= 4 is 11.9 Å². The first-order chi connectivity index (χ1) is 9.04. The maximum absolute atomic E-state index is 12.0. The molecule has 1 amide bonds. The van der Waals surface area contributed by atoms with Crippen LogP contribution in [-0.4, -0.2) is 36.2 Å². The lowest BCUT2D eigenvalue weighted by atomic mass is 9.71. The molecule has 0 bridgehead atoms. The van der Waals surface area contributed by atoms with Gasteiger partial charge in [0.05, 0.1) is 5.41 Å². The maximum Gasteiger partial charge on any atom is 0.311 e. The summed E-state index contributed by atoms with van der Waals surface area (Å²) in [6, 6.07) is -0.377. The molecule has 1 aliphatic heterocycles. The number of rotatable bonds is 3. The molecule has 2 N–H and O–H groups in total. The lowest BCUT2D eigenvalue weighted by molar-refractivity contribution is -0.152. The molecule has 0 aromatic carbocycles. The van der Waals surface area contributed by atoms with Crippen LogP contribution in [0.15, 0.2) is 12.0 Å². The molecule has 2 rings (SSSR count). The Morgan fingerprint density at radius 1 is 1.42 bits per heavy atom. The second kappa shape index (κ2) is 5.50. The van der Waals surface area contributed by atoms with Gasteiger partial charge in [0, 0.05) is 6.04 Å². The van der Waals surface area contributed by atoms with E-state index in [0.717, 1.165) is 12.8 Å². The van der Waals surface area contributed by atoms with Gasteiger partial charge in [-0.2, -0.15) is 0 Å². The minimum Gasteiger partial charge on any atom is -0.494 e. The Bertz CT molecular complexity index is 406. The average Bonchev–Trinajstić information content (AvgIpc) is 2.42. The number of aliphatic carboxylic acids is 1. The number of hydrogen-bond donors (Lipinski definition) is 2. The standard InChI is InChI=1S/C13H19NO5/c1-13(12(16)17)5-3-2-4-10(13)14-11(15)9-8-18-6-7-19-9/h8,10H,2-7H2,1H3,(H,14,15)(H,16,17). The number of ether oxygens (including phenoxy) is 2. The van der Waals surface area contributed by atoms with Crippen LogP contribution in [0.3, 0.4) is 0 Å². The van der Waals surface area contributed by atoms with Crippen molar-refractivity contribution in [2.75, 3.05) is 13.2 Å². The maximum atomic E-state index is 12.0. The van der Waals surface area contributed by atoms with Gasteiger partial charge < -0.3 is 19.9 Å². The fourth-order valence-corrected chi connectivity index (χ4v) is 2.54. The van der Waals surface area contributed by atoms with Gasteiger partial charge in [-0.1, -0.05) is 12.8 Å². The van der Waals surface area contributed by atoms with Gasteiger partial charge in [-0.15, -0.1) is 0 Å². The SMILES string of the molecule is CC1(C(=O)O)CCCCC1NC(=O)C1=COCCO1. The van der Waals surface area contributed by atoms with E-state index in [4.69, 9.17) is 9.47 Å². The first kappa shape index (κ1) is 13.7. The highest BCUT2D eigenvalue weighted by molar-refractivity contribution is 5.92. The van der Waals surface area contributed by atoms with E-state index in [9.17, 15) is 14.7 Å². The molecule has 6 nitrogen and oxygen atoms in total. The van der Waals surface area contributed by atoms with E-state index in [-0.39, 0.29) is 11.8 Å². The molecule has 2 aliphatic rings. The van der Waals surface area contributed by atoms with E-state index in [1.807, 2.05) is 0 Å². The number of carboxylic acid groups (broad SMARTS) is 1. The third-order valence-electron chi connectivity index (χ3n) is 3.87. The molecule has 106 valence electrons. The summed E-state index contributed by atoms with van der Waals surface area (Å²) in [5, 5.41) is 12.1. The van der Waals surface area contributed by atoms with E-state index in [1.54, 1.807) is 6.92 Å². The summed E-state index contributed by atoms with van der Waals surface area (Å²) in [6.07, 6.45) is 4.31. The zero-order valence-electron chi connectivity index (χ0n) is 11.0. The molecular formula is C13H19NO5. The van der Waals surface area contributed by atoms with Crippen LogP contribution in [0.25, 0.3) is 0 Å². The predicted octanol–water partition coefficient (Wildman–Crippen LogP) is 1.02. The average molecular weight is 269 g/mol. The lowest BCUT2D eigenvalue weighted by Gasteiger charge is -2.38. The van der Waals surface area contributed by atoms with Crippen molar-refractivity contribution < 1.29 is 24.2 Å². The van der Waals surface area contributed by atoms with Gasteiger partial charge >= 0.3 is 5.97 Å². The molecule has 1 fully saturated rings. The van der Waals surface area contributed by atoms with Gasteiger partial charge in [-0.3, -0.25) is 9.59 Å². The zero-order valence-corrected chi connectivity index (χ0v) is 11.0. The molecule has 0 aromatic heterocycles. The minimum atomic E-state index is -0.913. The molecule has 1 heterocycles. The quantitative estimate of drug-likeness (QED) is 0.799. The highest BCUT2D eigenvalue weighted by Crippen LogP contribution is 2.36. The molecule has 1 aliphatic carbocycles. The zero-order chi connectivity index (χ0) is 13.9. The van der Waals surface area contributed by atoms with Gasteiger partial charge in [0.2, 0.25) is 5.76 Å². The number of carbonyl (C=O) groups is 2. The Morgan fingerprint density at radius 2 is 2.21 bits per heavy atom. The van der Waals surface area contributed by atoms with Crippen molar-refractivity contribution in [1.82, 2.24) is 5.32 Å². The number of carboxylic acids is 1. The van der Waals surface area contributed by atoms with Gasteiger partial charge in [0.15, 0.2) is 0 Å². The Labute approximate surface area is 111 Å². The fraction of sp³-hybridized carbons (Fsp3) is 0.692. The smallest absolute Gasteiger partial charge is 0.311 e. The van der Waals surface area contributed by atoms with Crippen LogP contribution >= 0.6 is 0 Å². The summed E-state index contributed by atoms with van der Waals surface area (Å²) < 4.78 is 10.2. The van der Waals surface area contributed by atoms with Crippen molar-refractivity contribution in [3.8, 4) is 0 Å². The highest BCUT2D eigenvalue weighted by Gasteiger charge is 2.44. The summed E-state index contributed by atoms with van der Waals surface area (Å²) in [6.45, 7) is 2.44. The molecule has 2 atom stereocenters. The molecule has 0 saturated heterocycles. The lowest BCUT2D eigenvalue weighted by Crippen LogP contribution is -2.52. The summed E-state index contributed by atoms with van der Waals surface area (Å²) in [4.78, 5) is 23.4. The first-order valence-electron chi connectivity index (χ1n) is 6.53. The highest BCUT2D eigenvalue weighted by atomic mass is 16.6. The number of hydrogen-bond acceptors (Lipinski definition) is 4. The van der Waals surface area contributed by atoms with E-state index in [2.05, 4.69) is 5.32 Å². The van der Waals surface area contributed by atoms with Crippen LogP contribution in [0, 0.1) is 5.41 Å². The second-order valence-corrected chi connectivity index (χ2v) is 5.20. The number of amides is 1. The van der Waals surface area contributed by atoms with E-state index < -0.39 is 17.3 Å². The minimum absolute atomic E-state index is 0.115. The van der Waals surface area contributed by atoms with E-state index >= 15 is 0 Å². The fourth-order valence-electron chi connectivity index (χ4n) is 2.54. The Morgan fingerprint density at radius 3 is 2.84 bits per heavy atom. The van der Waals surface area contributed by atoms with Crippen LogP contribution in [0.5, 0.6) is 0 Å².